The number of rotatable bonds is 22. The largest absolute Gasteiger partial charge is 0.463 e. The molecule has 3 atom stereocenters. The van der Waals surface area contributed by atoms with Crippen molar-refractivity contribution in [3.05, 3.63) is 12.2 Å². The van der Waals surface area contributed by atoms with E-state index in [1.807, 2.05) is 0 Å². The Morgan fingerprint density at radius 1 is 0.938 bits per heavy atom. The highest BCUT2D eigenvalue weighted by molar-refractivity contribution is 8.42. The van der Waals surface area contributed by atoms with E-state index < -0.39 is 30.2 Å². The van der Waals surface area contributed by atoms with Crippen LogP contribution in [0.4, 0.5) is 0 Å². The summed E-state index contributed by atoms with van der Waals surface area (Å²) in [5.41, 5.74) is 0. The summed E-state index contributed by atoms with van der Waals surface area (Å²) in [5.74, 6) is -0.373. The van der Waals surface area contributed by atoms with Crippen molar-refractivity contribution in [2.75, 3.05) is 20.3 Å². The van der Waals surface area contributed by atoms with Gasteiger partial charge in [-0.2, -0.15) is 0 Å². The van der Waals surface area contributed by atoms with E-state index in [1.54, 1.807) is 0 Å². The Morgan fingerprint density at radius 2 is 1.47 bits per heavy atom. The second-order valence-corrected chi connectivity index (χ2v) is 11.8. The summed E-state index contributed by atoms with van der Waals surface area (Å²) in [4.78, 5) is 20.9. The quantitative estimate of drug-likeness (QED) is 0.0620. The first-order chi connectivity index (χ1) is 15.3. The van der Waals surface area contributed by atoms with Gasteiger partial charge >= 0.3 is 12.8 Å². The molecule has 32 heavy (non-hydrogen) atoms. The highest BCUT2D eigenvalue weighted by Gasteiger charge is 2.29. The van der Waals surface area contributed by atoms with E-state index in [0.29, 0.717) is 6.42 Å². The minimum Gasteiger partial charge on any atom is -0.463 e. The number of hydrogen-bond acceptors (Lipinski definition) is 6. The van der Waals surface area contributed by atoms with E-state index in [2.05, 4.69) is 23.6 Å². The van der Waals surface area contributed by atoms with Crippen LogP contribution >= 0.6 is 6.80 Å². The summed E-state index contributed by atoms with van der Waals surface area (Å²) in [7, 11) is -1.67. The van der Waals surface area contributed by atoms with Gasteiger partial charge in [0.1, 0.15) is 12.7 Å². The number of allylic oxidation sites excluding steroid dienone is 2. The Hall–Kier alpha value is -0.570. The number of hydrogen-bond donors (Lipinski definition) is 2. The summed E-state index contributed by atoms with van der Waals surface area (Å²) < 4.78 is 45.1. The lowest BCUT2D eigenvalue weighted by molar-refractivity contribution is -0.148. The number of esters is 1. The predicted molar refractivity (Wildman–Crippen MR) is 128 cm³/mol. The molecule has 0 aromatic carbocycles. The molecule has 0 heterocycles. The number of ether oxygens (including phenoxy) is 2. The van der Waals surface area contributed by atoms with E-state index in [1.165, 1.54) is 58.5 Å². The van der Waals surface area contributed by atoms with Gasteiger partial charge in [0.05, 0.1) is 6.61 Å². The van der Waals surface area contributed by atoms with E-state index >= 15 is 0 Å². The van der Waals surface area contributed by atoms with Crippen molar-refractivity contribution >= 4 is 23.5 Å². The number of carbonyl (C=O) groups is 1. The summed E-state index contributed by atoms with van der Waals surface area (Å²) in [6.45, 7) is -2.97. The van der Waals surface area contributed by atoms with Gasteiger partial charge in [0.25, 0.3) is 10.7 Å². The van der Waals surface area contributed by atoms with Gasteiger partial charge in [-0.05, 0) is 32.1 Å². The third-order valence-electron chi connectivity index (χ3n) is 5.03. The second-order valence-electron chi connectivity index (χ2n) is 7.87. The van der Waals surface area contributed by atoms with Crippen molar-refractivity contribution in [2.45, 2.75) is 103 Å². The molecule has 2 N–H and O–H groups in total. The highest BCUT2D eigenvalue weighted by atomic mass is 32.8. The fourth-order valence-electron chi connectivity index (χ4n) is 3.00. The molecule has 0 fully saturated rings. The van der Waals surface area contributed by atoms with Crippen LogP contribution in [0, 0.1) is 0 Å². The minimum atomic E-state index is -4.62. The van der Waals surface area contributed by atoms with E-state index in [-0.39, 0.29) is 12.6 Å². The van der Waals surface area contributed by atoms with Gasteiger partial charge in [0.2, 0.25) is 0 Å². The monoisotopic (exact) mass is 498 g/mol. The molecule has 0 aliphatic rings. The van der Waals surface area contributed by atoms with E-state index in [9.17, 15) is 13.6 Å². The normalized spacial score (nSPS) is 15.5. The van der Waals surface area contributed by atoms with Crippen LogP contribution in [0.15, 0.2) is 12.2 Å². The summed E-state index contributed by atoms with van der Waals surface area (Å²) in [6, 6.07) is 0. The summed E-state index contributed by atoms with van der Waals surface area (Å²) in [5, 5.41) is 0. The smallest absolute Gasteiger partial charge is 0.442 e. The van der Waals surface area contributed by atoms with Crippen LogP contribution in [-0.2, 0) is 34.1 Å². The van der Waals surface area contributed by atoms with Gasteiger partial charge < -0.3 is 14.4 Å². The SMILES string of the molecule is CCCCCCCC/C=C\CCCCCCCC(=O)OC[C@H](COP(=O)(O)S(=O)O)OC. The zero-order valence-electron chi connectivity index (χ0n) is 19.7. The molecule has 0 bridgehead atoms. The molecule has 8 nitrogen and oxygen atoms in total. The summed E-state index contributed by atoms with van der Waals surface area (Å²) in [6.07, 6.45) is 19.5. The topological polar surface area (TPSA) is 119 Å². The standard InChI is InChI=1S/C22H43O8PS/c1-3-4-5-6-7-8-9-10-11-12-13-14-15-16-17-18-22(23)29-19-21(28-2)20-30-31(24,25)32(26)27/h10-11,21H,3-9,12-20H2,1-2H3,(H,24,25)(H,26,27)/b11-10-/t21-/m1/s1. The van der Waals surface area contributed by atoms with Crippen molar-refractivity contribution in [3.63, 3.8) is 0 Å². The molecule has 0 aromatic rings. The van der Waals surface area contributed by atoms with Gasteiger partial charge in [0, 0.05) is 13.5 Å². The van der Waals surface area contributed by atoms with E-state index in [0.717, 1.165) is 32.1 Å². The fraction of sp³-hybridized carbons (Fsp3) is 0.864. The molecule has 0 aromatic heterocycles. The zero-order valence-corrected chi connectivity index (χ0v) is 21.5. The molecular weight excluding hydrogens is 455 g/mol. The maximum absolute atomic E-state index is 11.8. The molecule has 2 unspecified atom stereocenters. The number of carbonyl (C=O) groups excluding carboxylic acids is 1. The fourth-order valence-corrected chi connectivity index (χ4v) is 3.90. The molecule has 0 amide bonds. The van der Waals surface area contributed by atoms with Crippen LogP contribution in [-0.4, -0.2) is 46.1 Å². The Balaban J connectivity index is 3.60. The molecule has 0 radical (unpaired) electrons. The average molecular weight is 499 g/mol. The Bertz CT molecular complexity index is 570. The van der Waals surface area contributed by atoms with Crippen LogP contribution in [0.1, 0.15) is 96.8 Å². The van der Waals surface area contributed by atoms with E-state index in [4.69, 9.17) is 18.9 Å². The Kier molecular flexibility index (Phi) is 20.6. The van der Waals surface area contributed by atoms with Gasteiger partial charge in [-0.25, -0.2) is 8.77 Å². The van der Waals surface area contributed by atoms with Crippen LogP contribution in [0.5, 0.6) is 0 Å². The van der Waals surface area contributed by atoms with Crippen LogP contribution < -0.4 is 0 Å². The first-order valence-corrected chi connectivity index (χ1v) is 15.0. The molecule has 0 aliphatic heterocycles. The lowest BCUT2D eigenvalue weighted by Crippen LogP contribution is -2.25. The van der Waals surface area contributed by atoms with Crippen LogP contribution in [0.25, 0.3) is 0 Å². The molecule has 10 heteroatoms. The van der Waals surface area contributed by atoms with Gasteiger partial charge in [-0.1, -0.05) is 70.4 Å². The predicted octanol–water partition coefficient (Wildman–Crippen LogP) is 5.92. The minimum absolute atomic E-state index is 0.154. The molecule has 0 aliphatic carbocycles. The molecular formula is C22H43O8PS. The number of unbranched alkanes of at least 4 members (excludes halogenated alkanes) is 11. The average Bonchev–Trinajstić information content (AvgIpc) is 2.76. The summed E-state index contributed by atoms with van der Waals surface area (Å²) >= 11 is 0. The van der Waals surface area contributed by atoms with Crippen molar-refractivity contribution in [3.8, 4) is 0 Å². The lowest BCUT2D eigenvalue weighted by atomic mass is 10.1. The van der Waals surface area contributed by atoms with Crippen molar-refractivity contribution in [2.24, 2.45) is 0 Å². The first kappa shape index (κ1) is 31.4. The highest BCUT2D eigenvalue weighted by Crippen LogP contribution is 2.45. The van der Waals surface area contributed by atoms with Gasteiger partial charge in [-0.3, -0.25) is 13.9 Å². The number of methoxy groups -OCH3 is 1. The Morgan fingerprint density at radius 3 is 2.00 bits per heavy atom. The molecule has 0 saturated carbocycles. The second kappa shape index (κ2) is 21.0. The van der Waals surface area contributed by atoms with Crippen LogP contribution in [0.3, 0.4) is 0 Å². The maximum atomic E-state index is 11.8. The molecule has 0 spiro atoms. The van der Waals surface area contributed by atoms with Crippen molar-refractivity contribution in [1.29, 1.82) is 0 Å². The molecule has 190 valence electrons. The molecule has 0 saturated heterocycles. The van der Waals surface area contributed by atoms with Gasteiger partial charge in [-0.15, -0.1) is 0 Å². The first-order valence-electron chi connectivity index (χ1n) is 11.8. The molecule has 0 rings (SSSR count). The van der Waals surface area contributed by atoms with Crippen molar-refractivity contribution < 1.29 is 37.0 Å². The van der Waals surface area contributed by atoms with Crippen LogP contribution in [0.2, 0.25) is 0 Å². The third kappa shape index (κ3) is 18.9. The van der Waals surface area contributed by atoms with Gasteiger partial charge in [0.15, 0.2) is 0 Å². The lowest BCUT2D eigenvalue weighted by Gasteiger charge is -2.16. The third-order valence-corrected chi connectivity index (χ3v) is 7.40. The maximum Gasteiger partial charge on any atom is 0.442 e. The van der Waals surface area contributed by atoms with Crippen molar-refractivity contribution in [1.82, 2.24) is 0 Å². The zero-order chi connectivity index (χ0) is 24.1. The Labute approximate surface area is 196 Å².